The fourth-order valence-corrected chi connectivity index (χ4v) is 1.17. The van der Waals surface area contributed by atoms with Gasteiger partial charge in [-0.15, -0.1) is 0 Å². The van der Waals surface area contributed by atoms with Crippen LogP contribution >= 0.6 is 12.6 Å². The van der Waals surface area contributed by atoms with E-state index < -0.39 is 0 Å². The fraction of sp³-hybridized carbons (Fsp3) is 0.556. The van der Waals surface area contributed by atoms with Gasteiger partial charge in [0.1, 0.15) is 0 Å². The van der Waals surface area contributed by atoms with E-state index in [1.165, 1.54) is 0 Å². The molecule has 1 rings (SSSR count). The number of hydrogen-bond acceptors (Lipinski definition) is 3. The highest BCUT2D eigenvalue weighted by Gasteiger charge is 2.11. The van der Waals surface area contributed by atoms with Gasteiger partial charge < -0.3 is 5.32 Å². The molecule has 1 heterocycles. The summed E-state index contributed by atoms with van der Waals surface area (Å²) in [6, 6.07) is 1.92. The van der Waals surface area contributed by atoms with Crippen molar-refractivity contribution < 1.29 is 4.79 Å². The summed E-state index contributed by atoms with van der Waals surface area (Å²) in [7, 11) is 0. The Bertz CT molecular complexity index is 284. The molecule has 0 aliphatic carbocycles. The molecular weight excluding hydrogens is 198 g/mol. The van der Waals surface area contributed by atoms with Crippen LogP contribution in [0.1, 0.15) is 13.8 Å². The number of thiol groups is 1. The molecule has 1 N–H and O–H groups in total. The molecule has 0 fully saturated rings. The summed E-state index contributed by atoms with van der Waals surface area (Å²) in [5.41, 5.74) is 0. The van der Waals surface area contributed by atoms with Crippen molar-refractivity contribution >= 4 is 18.5 Å². The maximum absolute atomic E-state index is 11.3. The molecular formula is C9H15N3OS. The third-order valence-electron chi connectivity index (χ3n) is 1.79. The molecule has 0 bridgehead atoms. The topological polar surface area (TPSA) is 46.9 Å². The molecule has 4 nitrogen and oxygen atoms in total. The summed E-state index contributed by atoms with van der Waals surface area (Å²) in [4.78, 5) is 11.3. The standard InChI is InChI=1S/C9H15N3OS/c1-7(11-9(13)8(2)14)6-12-5-3-4-10-12/h3-5,7-8,14H,6H2,1-2H3,(H,11,13). The SMILES string of the molecule is CC(Cn1cccn1)NC(=O)C(C)S. The number of hydrogen-bond donors (Lipinski definition) is 2. The maximum Gasteiger partial charge on any atom is 0.232 e. The lowest BCUT2D eigenvalue weighted by atomic mass is 10.3. The third-order valence-corrected chi connectivity index (χ3v) is 2.02. The molecule has 1 aromatic heterocycles. The number of carbonyl (C=O) groups is 1. The second-order valence-corrected chi connectivity index (χ2v) is 4.09. The van der Waals surface area contributed by atoms with Crippen LogP contribution in [0.15, 0.2) is 18.5 Å². The molecule has 1 amide bonds. The zero-order chi connectivity index (χ0) is 10.6. The van der Waals surface area contributed by atoms with Crippen LogP contribution in [0.3, 0.4) is 0 Å². The third kappa shape index (κ3) is 3.41. The Morgan fingerprint density at radius 1 is 1.64 bits per heavy atom. The zero-order valence-electron chi connectivity index (χ0n) is 8.34. The predicted molar refractivity (Wildman–Crippen MR) is 58.3 cm³/mol. The summed E-state index contributed by atoms with van der Waals surface area (Å²) in [5, 5.41) is 6.63. The van der Waals surface area contributed by atoms with Gasteiger partial charge in [0.15, 0.2) is 0 Å². The average molecular weight is 213 g/mol. The van der Waals surface area contributed by atoms with Crippen LogP contribution in [-0.2, 0) is 11.3 Å². The molecule has 0 aromatic carbocycles. The summed E-state index contributed by atoms with van der Waals surface area (Å²) in [6.07, 6.45) is 3.59. The second-order valence-electron chi connectivity index (χ2n) is 3.31. The first-order valence-corrected chi connectivity index (χ1v) is 5.07. The Hall–Kier alpha value is -0.970. The summed E-state index contributed by atoms with van der Waals surface area (Å²) in [6.45, 7) is 4.37. The Morgan fingerprint density at radius 2 is 2.36 bits per heavy atom. The quantitative estimate of drug-likeness (QED) is 0.723. The molecule has 1 aromatic rings. The van der Waals surface area contributed by atoms with E-state index in [-0.39, 0.29) is 17.2 Å². The Morgan fingerprint density at radius 3 is 2.86 bits per heavy atom. The number of rotatable bonds is 4. The fourth-order valence-electron chi connectivity index (χ4n) is 1.10. The molecule has 14 heavy (non-hydrogen) atoms. The van der Waals surface area contributed by atoms with Crippen molar-refractivity contribution in [1.29, 1.82) is 0 Å². The number of nitrogens with one attached hydrogen (secondary N) is 1. The van der Waals surface area contributed by atoms with E-state index in [0.29, 0.717) is 6.54 Å². The average Bonchev–Trinajstić information content (AvgIpc) is 2.56. The second kappa shape index (κ2) is 5.05. The van der Waals surface area contributed by atoms with Gasteiger partial charge >= 0.3 is 0 Å². The van der Waals surface area contributed by atoms with Crippen LogP contribution < -0.4 is 5.32 Å². The number of aromatic nitrogens is 2. The summed E-state index contributed by atoms with van der Waals surface area (Å²) >= 11 is 4.05. The van der Waals surface area contributed by atoms with E-state index in [9.17, 15) is 4.79 Å². The predicted octanol–water partition coefficient (Wildman–Crippen LogP) is 0.706. The molecule has 0 saturated carbocycles. The van der Waals surface area contributed by atoms with E-state index in [0.717, 1.165) is 0 Å². The van der Waals surface area contributed by atoms with Gasteiger partial charge in [0.05, 0.1) is 11.8 Å². The van der Waals surface area contributed by atoms with Crippen LogP contribution in [0, 0.1) is 0 Å². The maximum atomic E-state index is 11.3. The van der Waals surface area contributed by atoms with E-state index in [2.05, 4.69) is 23.0 Å². The first-order chi connectivity index (χ1) is 6.59. The van der Waals surface area contributed by atoms with Crippen molar-refractivity contribution in [2.75, 3.05) is 0 Å². The molecule has 5 heteroatoms. The van der Waals surface area contributed by atoms with Crippen molar-refractivity contribution in [2.24, 2.45) is 0 Å². The van der Waals surface area contributed by atoms with Crippen LogP contribution in [0.25, 0.3) is 0 Å². The minimum Gasteiger partial charge on any atom is -0.351 e. The van der Waals surface area contributed by atoms with Gasteiger partial charge in [-0.3, -0.25) is 9.48 Å². The molecule has 0 spiro atoms. The van der Waals surface area contributed by atoms with Gasteiger partial charge in [0.2, 0.25) is 5.91 Å². The molecule has 0 radical (unpaired) electrons. The smallest absolute Gasteiger partial charge is 0.232 e. The molecule has 2 unspecified atom stereocenters. The van der Waals surface area contributed by atoms with Gasteiger partial charge in [-0.1, -0.05) is 0 Å². The highest BCUT2D eigenvalue weighted by molar-refractivity contribution is 7.81. The van der Waals surface area contributed by atoms with Crippen molar-refractivity contribution in [3.8, 4) is 0 Å². The van der Waals surface area contributed by atoms with Crippen molar-refractivity contribution in [3.63, 3.8) is 0 Å². The van der Waals surface area contributed by atoms with Gasteiger partial charge in [-0.05, 0) is 19.9 Å². The Balaban J connectivity index is 2.36. The Kier molecular flexibility index (Phi) is 4.00. The summed E-state index contributed by atoms with van der Waals surface area (Å²) < 4.78 is 1.79. The van der Waals surface area contributed by atoms with Gasteiger partial charge in [0, 0.05) is 18.4 Å². The first kappa shape index (κ1) is 11.1. The number of amides is 1. The van der Waals surface area contributed by atoms with Crippen molar-refractivity contribution in [2.45, 2.75) is 31.7 Å². The largest absolute Gasteiger partial charge is 0.351 e. The van der Waals surface area contributed by atoms with Crippen LogP contribution in [0.2, 0.25) is 0 Å². The van der Waals surface area contributed by atoms with Gasteiger partial charge in [0.25, 0.3) is 0 Å². The van der Waals surface area contributed by atoms with E-state index in [1.807, 2.05) is 19.2 Å². The number of nitrogens with zero attached hydrogens (tertiary/aromatic N) is 2. The number of carbonyl (C=O) groups excluding carboxylic acids is 1. The molecule has 0 aliphatic heterocycles. The molecule has 78 valence electrons. The lowest BCUT2D eigenvalue weighted by Gasteiger charge is -2.15. The monoisotopic (exact) mass is 213 g/mol. The van der Waals surface area contributed by atoms with Crippen molar-refractivity contribution in [3.05, 3.63) is 18.5 Å². The van der Waals surface area contributed by atoms with Crippen LogP contribution in [0.5, 0.6) is 0 Å². The minimum absolute atomic E-state index is 0.0482. The van der Waals surface area contributed by atoms with E-state index >= 15 is 0 Å². The Labute approximate surface area is 89.1 Å². The summed E-state index contributed by atoms with van der Waals surface area (Å²) in [5.74, 6) is -0.0482. The van der Waals surface area contributed by atoms with Gasteiger partial charge in [-0.2, -0.15) is 17.7 Å². The van der Waals surface area contributed by atoms with Crippen molar-refractivity contribution in [1.82, 2.24) is 15.1 Å². The zero-order valence-corrected chi connectivity index (χ0v) is 9.24. The molecule has 0 saturated heterocycles. The lowest BCUT2D eigenvalue weighted by molar-refractivity contribution is -0.120. The van der Waals surface area contributed by atoms with Gasteiger partial charge in [-0.25, -0.2) is 0 Å². The lowest BCUT2D eigenvalue weighted by Crippen LogP contribution is -2.39. The molecule has 0 aliphatic rings. The van der Waals surface area contributed by atoms with E-state index in [4.69, 9.17) is 0 Å². The van der Waals surface area contributed by atoms with Crippen LogP contribution in [0.4, 0.5) is 0 Å². The highest BCUT2D eigenvalue weighted by atomic mass is 32.1. The highest BCUT2D eigenvalue weighted by Crippen LogP contribution is 1.95. The normalized spacial score (nSPS) is 14.8. The van der Waals surface area contributed by atoms with E-state index in [1.54, 1.807) is 17.8 Å². The first-order valence-electron chi connectivity index (χ1n) is 4.55. The van der Waals surface area contributed by atoms with Crippen LogP contribution in [-0.4, -0.2) is 27.0 Å². The molecule has 2 atom stereocenters. The minimum atomic E-state index is -0.268.